The molecule has 2 aromatic carbocycles. The molecule has 0 atom stereocenters. The molecule has 2 aromatic rings. The fraction of sp³-hybridized carbons (Fsp3) is 0.188. The Morgan fingerprint density at radius 3 is 2.35 bits per heavy atom. The third-order valence-corrected chi connectivity index (χ3v) is 4.92. The van der Waals surface area contributed by atoms with Crippen LogP contribution in [0.4, 0.5) is 0 Å². The minimum atomic E-state index is -0.906. The number of benzene rings is 2. The molecule has 4 heteroatoms. The van der Waals surface area contributed by atoms with Crippen molar-refractivity contribution in [2.24, 2.45) is 0 Å². The molecule has 0 bridgehead atoms. The van der Waals surface area contributed by atoms with Gasteiger partial charge < -0.3 is 5.11 Å². The van der Waals surface area contributed by atoms with Gasteiger partial charge in [-0.3, -0.25) is 0 Å². The van der Waals surface area contributed by atoms with E-state index in [0.717, 1.165) is 15.1 Å². The van der Waals surface area contributed by atoms with E-state index in [4.69, 9.17) is 5.11 Å². The molecule has 0 aliphatic carbocycles. The maximum absolute atomic E-state index is 10.9. The summed E-state index contributed by atoms with van der Waals surface area (Å²) in [5, 5.41) is 8.94. The Hall–Kier alpha value is -1.26. The van der Waals surface area contributed by atoms with Crippen LogP contribution >= 0.6 is 27.7 Å². The number of aromatic carboxylic acids is 1. The lowest BCUT2D eigenvalue weighted by molar-refractivity contribution is 0.0696. The van der Waals surface area contributed by atoms with E-state index in [1.165, 1.54) is 16.7 Å². The second kappa shape index (κ2) is 6.46. The molecule has 2 nitrogen and oxygen atoms in total. The number of hydrogen-bond acceptors (Lipinski definition) is 2. The van der Waals surface area contributed by atoms with Crippen molar-refractivity contribution in [1.29, 1.82) is 0 Å². The van der Waals surface area contributed by atoms with E-state index >= 15 is 0 Å². The molecule has 0 saturated carbocycles. The van der Waals surface area contributed by atoms with Crippen molar-refractivity contribution in [3.63, 3.8) is 0 Å². The first-order valence-electron chi connectivity index (χ1n) is 6.18. The van der Waals surface area contributed by atoms with Crippen molar-refractivity contribution in [2.45, 2.75) is 24.5 Å². The monoisotopic (exact) mass is 350 g/mol. The van der Waals surface area contributed by atoms with Crippen molar-refractivity contribution in [1.82, 2.24) is 0 Å². The predicted octanol–water partition coefficient (Wildman–Crippen LogP) is 5.06. The van der Waals surface area contributed by atoms with Crippen molar-refractivity contribution in [2.75, 3.05) is 0 Å². The summed E-state index contributed by atoms with van der Waals surface area (Å²) in [5.74, 6) is -0.0374. The highest BCUT2D eigenvalue weighted by Gasteiger charge is 2.07. The third-order valence-electron chi connectivity index (χ3n) is 2.85. The predicted molar refractivity (Wildman–Crippen MR) is 86.6 cm³/mol. The average molecular weight is 351 g/mol. The lowest BCUT2D eigenvalue weighted by Gasteiger charge is -2.07. The zero-order chi connectivity index (χ0) is 14.7. The zero-order valence-corrected chi connectivity index (χ0v) is 13.7. The normalized spacial score (nSPS) is 10.6. The molecule has 0 saturated heterocycles. The summed E-state index contributed by atoms with van der Waals surface area (Å²) in [6.07, 6.45) is 0. The van der Waals surface area contributed by atoms with Crippen LogP contribution in [0.15, 0.2) is 45.8 Å². The van der Waals surface area contributed by atoms with Gasteiger partial charge in [-0.1, -0.05) is 29.3 Å². The van der Waals surface area contributed by atoms with Gasteiger partial charge >= 0.3 is 5.97 Å². The molecule has 0 radical (unpaired) electrons. The van der Waals surface area contributed by atoms with Crippen molar-refractivity contribution in [3.8, 4) is 0 Å². The number of hydrogen-bond donors (Lipinski definition) is 1. The van der Waals surface area contributed by atoms with Crippen LogP contribution in [0.2, 0.25) is 0 Å². The summed E-state index contributed by atoms with van der Waals surface area (Å²) in [4.78, 5) is 11.9. The van der Waals surface area contributed by atoms with Gasteiger partial charge in [-0.15, -0.1) is 11.8 Å². The van der Waals surface area contributed by atoms with Crippen molar-refractivity contribution < 1.29 is 9.90 Å². The van der Waals surface area contributed by atoms with Crippen LogP contribution in [0.5, 0.6) is 0 Å². The molecule has 0 aliphatic heterocycles. The summed E-state index contributed by atoms with van der Waals surface area (Å²) in [6.45, 7) is 4.19. The van der Waals surface area contributed by atoms with E-state index in [1.54, 1.807) is 23.9 Å². The molecule has 2 rings (SSSR count). The topological polar surface area (TPSA) is 37.3 Å². The Labute approximate surface area is 131 Å². The number of aryl methyl sites for hydroxylation is 2. The fourth-order valence-electron chi connectivity index (χ4n) is 2.06. The molecule has 1 N–H and O–H groups in total. The van der Waals surface area contributed by atoms with Gasteiger partial charge in [-0.05, 0) is 53.5 Å². The maximum Gasteiger partial charge on any atom is 0.335 e. The molecule has 0 amide bonds. The van der Waals surface area contributed by atoms with E-state index in [-0.39, 0.29) is 0 Å². The molecule has 0 fully saturated rings. The molecule has 0 unspecified atom stereocenters. The number of rotatable bonds is 4. The lowest BCUT2D eigenvalue weighted by Crippen LogP contribution is -1.95. The van der Waals surface area contributed by atoms with Gasteiger partial charge in [-0.25, -0.2) is 4.79 Å². The number of halogens is 1. The molecular formula is C16H15BrO2S. The number of carboxylic acids is 1. The molecular weight excluding hydrogens is 336 g/mol. The third kappa shape index (κ3) is 3.87. The van der Waals surface area contributed by atoms with Crippen molar-refractivity contribution in [3.05, 3.63) is 63.1 Å². The Balaban J connectivity index is 2.12. The van der Waals surface area contributed by atoms with E-state index in [0.29, 0.717) is 5.56 Å². The number of carbonyl (C=O) groups is 1. The zero-order valence-electron chi connectivity index (χ0n) is 11.3. The Kier molecular flexibility index (Phi) is 4.89. The van der Waals surface area contributed by atoms with E-state index in [2.05, 4.69) is 48.0 Å². The van der Waals surface area contributed by atoms with Crippen LogP contribution in [-0.4, -0.2) is 11.1 Å². The highest BCUT2D eigenvalue weighted by molar-refractivity contribution is 9.10. The smallest absolute Gasteiger partial charge is 0.335 e. The quantitative estimate of drug-likeness (QED) is 0.783. The first-order chi connectivity index (χ1) is 9.45. The molecule has 0 aromatic heterocycles. The summed E-state index contributed by atoms with van der Waals surface area (Å²) >= 11 is 5.13. The summed E-state index contributed by atoms with van der Waals surface area (Å²) in [5.41, 5.74) is 4.11. The van der Waals surface area contributed by atoms with Crippen LogP contribution in [0.3, 0.4) is 0 Å². The van der Waals surface area contributed by atoms with Crippen LogP contribution in [0.25, 0.3) is 0 Å². The Morgan fingerprint density at radius 1 is 1.15 bits per heavy atom. The maximum atomic E-state index is 10.9. The summed E-state index contributed by atoms with van der Waals surface area (Å²) in [6, 6.07) is 11.6. The van der Waals surface area contributed by atoms with E-state index in [9.17, 15) is 4.79 Å². The SMILES string of the molecule is Cc1cc(C)cc(CSc2ccc(C(=O)O)cc2Br)c1. The highest BCUT2D eigenvalue weighted by atomic mass is 79.9. The second-order valence-electron chi connectivity index (χ2n) is 4.73. The largest absolute Gasteiger partial charge is 0.478 e. The number of thioether (sulfide) groups is 1. The highest BCUT2D eigenvalue weighted by Crippen LogP contribution is 2.31. The summed E-state index contributed by atoms with van der Waals surface area (Å²) < 4.78 is 0.826. The number of carboxylic acid groups (broad SMARTS) is 1. The molecule has 20 heavy (non-hydrogen) atoms. The lowest BCUT2D eigenvalue weighted by atomic mass is 10.1. The van der Waals surface area contributed by atoms with Gasteiger partial charge in [0.2, 0.25) is 0 Å². The molecule has 0 spiro atoms. The minimum Gasteiger partial charge on any atom is -0.478 e. The molecule has 104 valence electrons. The summed E-state index contributed by atoms with van der Waals surface area (Å²) in [7, 11) is 0. The molecule has 0 aliphatic rings. The van der Waals surface area contributed by atoms with Crippen molar-refractivity contribution >= 4 is 33.7 Å². The van der Waals surface area contributed by atoms with Gasteiger partial charge in [0, 0.05) is 15.1 Å². The second-order valence-corrected chi connectivity index (χ2v) is 6.61. The van der Waals surface area contributed by atoms with Crippen LogP contribution in [0, 0.1) is 13.8 Å². The van der Waals surface area contributed by atoms with Crippen LogP contribution in [0.1, 0.15) is 27.0 Å². The Morgan fingerprint density at radius 2 is 1.80 bits per heavy atom. The van der Waals surface area contributed by atoms with Gasteiger partial charge in [0.05, 0.1) is 5.56 Å². The van der Waals surface area contributed by atoms with Crippen LogP contribution < -0.4 is 0 Å². The first-order valence-corrected chi connectivity index (χ1v) is 7.96. The van der Waals surface area contributed by atoms with E-state index < -0.39 is 5.97 Å². The standard InChI is InChI=1S/C16H15BrO2S/c1-10-5-11(2)7-12(6-10)9-20-15-4-3-13(16(18)19)8-14(15)17/h3-8H,9H2,1-2H3,(H,18,19). The minimum absolute atomic E-state index is 0.299. The Bertz CT molecular complexity index is 633. The van der Waals surface area contributed by atoms with Gasteiger partial charge in [0.15, 0.2) is 0 Å². The van der Waals surface area contributed by atoms with Gasteiger partial charge in [-0.2, -0.15) is 0 Å². The van der Waals surface area contributed by atoms with Crippen LogP contribution in [-0.2, 0) is 5.75 Å². The van der Waals surface area contributed by atoms with E-state index in [1.807, 2.05) is 6.07 Å². The van der Waals surface area contributed by atoms with Gasteiger partial charge in [0.1, 0.15) is 0 Å². The van der Waals surface area contributed by atoms with Gasteiger partial charge in [0.25, 0.3) is 0 Å². The molecule has 0 heterocycles. The first kappa shape index (κ1) is 15.1. The fourth-order valence-corrected chi connectivity index (χ4v) is 3.64. The average Bonchev–Trinajstić information content (AvgIpc) is 2.36.